The number of methoxy groups -OCH3 is 2. The van der Waals surface area contributed by atoms with Crippen LogP contribution in [0.2, 0.25) is 0 Å². The molecule has 52 heavy (non-hydrogen) atoms. The Morgan fingerprint density at radius 3 is 2.19 bits per heavy atom. The summed E-state index contributed by atoms with van der Waals surface area (Å²) in [6, 6.07) is 14.8. The maximum absolute atomic E-state index is 15.6. The number of hydrogen-bond acceptors (Lipinski definition) is 7. The van der Waals surface area contributed by atoms with Gasteiger partial charge in [0.25, 0.3) is 0 Å². The van der Waals surface area contributed by atoms with Gasteiger partial charge in [0.05, 0.1) is 19.1 Å². The Morgan fingerprint density at radius 2 is 1.56 bits per heavy atom. The largest absolute Gasteiger partial charge is 0.497 e. The Balaban J connectivity index is 1.46. The Kier molecular flexibility index (Phi) is 12.2. The maximum Gasteiger partial charge on any atom is 0.407 e. The number of nitrogens with one attached hydrogen (secondary N) is 3. The van der Waals surface area contributed by atoms with Crippen LogP contribution >= 0.6 is 0 Å². The van der Waals surface area contributed by atoms with Gasteiger partial charge in [-0.2, -0.15) is 4.31 Å². The predicted molar refractivity (Wildman–Crippen MR) is 185 cm³/mol. The molecule has 276 valence electrons. The zero-order chi connectivity index (χ0) is 37.6. The second-order valence-corrected chi connectivity index (χ2v) is 14.2. The molecule has 10 nitrogen and oxygen atoms in total. The number of benzene rings is 4. The lowest BCUT2D eigenvalue weighted by molar-refractivity contribution is -0.118. The van der Waals surface area contributed by atoms with Gasteiger partial charge < -0.3 is 25.4 Å². The molecule has 2 amide bonds. The summed E-state index contributed by atoms with van der Waals surface area (Å²) in [5.41, 5.74) is 0.242. The van der Waals surface area contributed by atoms with Gasteiger partial charge in [0.15, 0.2) is 0 Å². The number of carbonyl (C=O) groups is 2. The van der Waals surface area contributed by atoms with Gasteiger partial charge in [0.2, 0.25) is 15.9 Å². The van der Waals surface area contributed by atoms with Crippen LogP contribution in [0.5, 0.6) is 5.75 Å². The van der Waals surface area contributed by atoms with Crippen molar-refractivity contribution < 1.29 is 45.0 Å². The van der Waals surface area contributed by atoms with E-state index in [9.17, 15) is 31.2 Å². The topological polar surface area (TPSA) is 126 Å². The summed E-state index contributed by atoms with van der Waals surface area (Å²) in [5.74, 6) is -4.89. The van der Waals surface area contributed by atoms with Gasteiger partial charge in [-0.05, 0) is 91.6 Å². The molecule has 4 aromatic carbocycles. The number of alkyl carbamates (subject to hydrolysis) is 1. The summed E-state index contributed by atoms with van der Waals surface area (Å²) >= 11 is 0. The minimum absolute atomic E-state index is 0.0123. The number of ether oxygens (including phenoxy) is 2. The molecule has 5 rings (SSSR count). The fourth-order valence-corrected chi connectivity index (χ4v) is 8.31. The van der Waals surface area contributed by atoms with E-state index in [1.54, 1.807) is 19.1 Å². The van der Waals surface area contributed by atoms with E-state index in [4.69, 9.17) is 9.47 Å². The quantitative estimate of drug-likeness (QED) is 0.158. The molecule has 0 spiro atoms. The van der Waals surface area contributed by atoms with Gasteiger partial charge in [-0.25, -0.2) is 30.8 Å². The highest BCUT2D eigenvalue weighted by atomic mass is 32.2. The van der Waals surface area contributed by atoms with Crippen LogP contribution in [0.4, 0.5) is 28.0 Å². The number of anilines is 1. The third-order valence-electron chi connectivity index (χ3n) is 8.90. The van der Waals surface area contributed by atoms with E-state index in [-0.39, 0.29) is 46.7 Å². The molecular formula is C37H38F4N4O6S. The molecule has 4 unspecified atom stereocenters. The number of rotatable bonds is 12. The number of nitrogens with zero attached hydrogens (tertiary/aromatic N) is 1. The van der Waals surface area contributed by atoms with Crippen molar-refractivity contribution in [1.29, 1.82) is 0 Å². The van der Waals surface area contributed by atoms with Crippen LogP contribution in [-0.4, -0.2) is 70.2 Å². The van der Waals surface area contributed by atoms with E-state index >= 15 is 4.39 Å². The summed E-state index contributed by atoms with van der Waals surface area (Å²) in [7, 11) is -1.45. The molecular weight excluding hydrogens is 704 g/mol. The molecule has 0 bridgehead atoms. The molecule has 1 fully saturated rings. The summed E-state index contributed by atoms with van der Waals surface area (Å²) in [6.07, 6.45) is -0.913. The fourth-order valence-electron chi connectivity index (χ4n) is 6.47. The summed E-state index contributed by atoms with van der Waals surface area (Å²) in [6.45, 7) is 2.45. The van der Waals surface area contributed by atoms with Crippen LogP contribution in [-0.2, 0) is 26.0 Å². The zero-order valence-corrected chi connectivity index (χ0v) is 29.4. The van der Waals surface area contributed by atoms with E-state index in [1.165, 1.54) is 53.9 Å². The second-order valence-electron chi connectivity index (χ2n) is 12.3. The molecule has 0 radical (unpaired) electrons. The first-order chi connectivity index (χ1) is 24.8. The van der Waals surface area contributed by atoms with Crippen molar-refractivity contribution in [3.8, 4) is 5.75 Å². The summed E-state index contributed by atoms with van der Waals surface area (Å²) < 4.78 is 97.5. The van der Waals surface area contributed by atoms with E-state index < -0.39 is 69.3 Å². The van der Waals surface area contributed by atoms with E-state index in [0.717, 1.165) is 31.4 Å². The molecule has 1 heterocycles. The van der Waals surface area contributed by atoms with Crippen molar-refractivity contribution in [2.45, 2.75) is 48.7 Å². The van der Waals surface area contributed by atoms with E-state index in [2.05, 4.69) is 16.0 Å². The minimum atomic E-state index is -3.98. The third-order valence-corrected chi connectivity index (χ3v) is 11.0. The second kappa shape index (κ2) is 16.6. The van der Waals surface area contributed by atoms with Crippen molar-refractivity contribution in [1.82, 2.24) is 14.9 Å². The van der Waals surface area contributed by atoms with Gasteiger partial charge >= 0.3 is 6.09 Å². The highest BCUT2D eigenvalue weighted by Gasteiger charge is 2.38. The molecule has 1 aliphatic heterocycles. The normalized spacial score (nSPS) is 17.5. The Labute approximate surface area is 299 Å². The molecule has 0 aliphatic carbocycles. The first-order valence-electron chi connectivity index (χ1n) is 16.3. The highest BCUT2D eigenvalue weighted by molar-refractivity contribution is 7.89. The monoisotopic (exact) mass is 742 g/mol. The molecule has 0 aromatic heterocycles. The molecule has 15 heteroatoms. The van der Waals surface area contributed by atoms with Crippen LogP contribution in [0.15, 0.2) is 89.8 Å². The Morgan fingerprint density at radius 1 is 0.885 bits per heavy atom. The zero-order valence-electron chi connectivity index (χ0n) is 28.5. The predicted octanol–water partition coefficient (Wildman–Crippen LogP) is 5.73. The number of piperazine rings is 1. The van der Waals surface area contributed by atoms with Crippen LogP contribution in [0.25, 0.3) is 0 Å². The highest BCUT2D eigenvalue weighted by Crippen LogP contribution is 2.33. The number of halogens is 4. The standard InChI is InChI=1S/C37H38F4N4O6S/c1-22-20-42-21-28(45(22)52(48,49)30-14-12-29(50-2)13-15-30)11-16-31-32(41)5-4-6-33(31)43-36(46)35(44-37(47)51-3)34(23-7-9-25(38)10-8-23)24-17-26(39)19-27(40)18-24/h4-10,12-15,17-19,22,28,34-35,42H,11,16,20-21H2,1-3H3,(H,43,46)(H,44,47). The van der Waals surface area contributed by atoms with Gasteiger partial charge in [-0.1, -0.05) is 18.2 Å². The number of amides is 2. The van der Waals surface area contributed by atoms with Crippen molar-refractivity contribution >= 4 is 27.7 Å². The SMILES string of the molecule is COC(=O)NC(C(=O)Nc1cccc(F)c1CCC1CNCC(C)N1S(=O)(=O)c1ccc(OC)cc1)C(c1ccc(F)cc1)c1cc(F)cc(F)c1. The smallest absolute Gasteiger partial charge is 0.407 e. The average molecular weight is 743 g/mol. The first kappa shape index (κ1) is 38.2. The van der Waals surface area contributed by atoms with Crippen molar-refractivity contribution in [2.24, 2.45) is 0 Å². The lowest BCUT2D eigenvalue weighted by Crippen LogP contribution is -2.58. The Hall–Kier alpha value is -4.99. The van der Waals surface area contributed by atoms with Gasteiger partial charge in [0.1, 0.15) is 35.1 Å². The van der Waals surface area contributed by atoms with Crippen molar-refractivity contribution in [2.75, 3.05) is 32.6 Å². The van der Waals surface area contributed by atoms with Crippen molar-refractivity contribution in [3.05, 3.63) is 125 Å². The number of sulfonamides is 1. The van der Waals surface area contributed by atoms with Gasteiger partial charge in [-0.15, -0.1) is 0 Å². The van der Waals surface area contributed by atoms with Crippen LogP contribution in [0, 0.1) is 23.3 Å². The molecule has 4 atom stereocenters. The molecule has 3 N–H and O–H groups in total. The van der Waals surface area contributed by atoms with Gasteiger partial charge in [0, 0.05) is 48.4 Å². The first-order valence-corrected chi connectivity index (χ1v) is 17.8. The van der Waals surface area contributed by atoms with E-state index in [1.807, 2.05) is 0 Å². The summed E-state index contributed by atoms with van der Waals surface area (Å²) in [4.78, 5) is 26.7. The summed E-state index contributed by atoms with van der Waals surface area (Å²) in [5, 5.41) is 8.29. The number of carbonyl (C=O) groups excluding carboxylic acids is 2. The maximum atomic E-state index is 15.6. The lowest BCUT2D eigenvalue weighted by Gasteiger charge is -2.40. The van der Waals surface area contributed by atoms with E-state index in [0.29, 0.717) is 18.4 Å². The molecule has 4 aromatic rings. The molecule has 1 aliphatic rings. The Bertz CT molecular complexity index is 1980. The lowest BCUT2D eigenvalue weighted by atomic mass is 9.84. The van der Waals surface area contributed by atoms with Crippen LogP contribution in [0.1, 0.15) is 36.0 Å². The molecule has 0 saturated carbocycles. The fraction of sp³-hybridized carbons (Fsp3) is 0.297. The van der Waals surface area contributed by atoms with Crippen molar-refractivity contribution in [3.63, 3.8) is 0 Å². The van der Waals surface area contributed by atoms with Gasteiger partial charge in [-0.3, -0.25) is 4.79 Å². The third kappa shape index (κ3) is 8.72. The number of hydrogen-bond donors (Lipinski definition) is 3. The minimum Gasteiger partial charge on any atom is -0.497 e. The average Bonchev–Trinajstić information content (AvgIpc) is 3.11. The van der Waals surface area contributed by atoms with Crippen LogP contribution in [0.3, 0.4) is 0 Å². The molecule has 1 saturated heterocycles. The van der Waals surface area contributed by atoms with Crippen LogP contribution < -0.4 is 20.7 Å².